The van der Waals surface area contributed by atoms with Gasteiger partial charge in [0, 0.05) is 6.20 Å². The zero-order valence-electron chi connectivity index (χ0n) is 17.3. The van der Waals surface area contributed by atoms with Gasteiger partial charge in [-0.15, -0.1) is 0 Å². The molecule has 2 aromatic rings. The fourth-order valence-electron chi connectivity index (χ4n) is 4.16. The molecule has 0 aromatic carbocycles. The normalized spacial score (nSPS) is 22.3. The molecule has 29 heavy (non-hydrogen) atoms. The van der Waals surface area contributed by atoms with E-state index in [9.17, 15) is 0 Å². The Balaban J connectivity index is 1.35. The number of anilines is 2. The molecular weight excluding hydrogens is 388 g/mol. The molecule has 2 heterocycles. The summed E-state index contributed by atoms with van der Waals surface area (Å²) in [6.07, 6.45) is 12.2. The molecule has 0 amide bonds. The smallest absolute Gasteiger partial charge is 0.237 e. The predicted octanol–water partition coefficient (Wildman–Crippen LogP) is 4.51. The quantitative estimate of drug-likeness (QED) is 0.656. The van der Waals surface area contributed by atoms with Crippen molar-refractivity contribution in [3.05, 3.63) is 23.1 Å². The summed E-state index contributed by atoms with van der Waals surface area (Å²) in [6.45, 7) is 3.76. The maximum atomic E-state index is 6.28. The first kappa shape index (κ1) is 20.4. The van der Waals surface area contributed by atoms with Crippen molar-refractivity contribution in [2.45, 2.75) is 57.9 Å². The molecular formula is C21H31ClN6O. The molecule has 8 heteroatoms. The lowest BCUT2D eigenvalue weighted by atomic mass is 9.82. The lowest BCUT2D eigenvalue weighted by Crippen LogP contribution is -2.26. The first-order chi connectivity index (χ1) is 14.1. The Kier molecular flexibility index (Phi) is 6.55. The molecule has 2 fully saturated rings. The van der Waals surface area contributed by atoms with Crippen LogP contribution in [0, 0.1) is 18.8 Å². The van der Waals surface area contributed by atoms with E-state index >= 15 is 0 Å². The molecule has 0 atom stereocenters. The van der Waals surface area contributed by atoms with Crippen LogP contribution in [0.2, 0.25) is 5.02 Å². The van der Waals surface area contributed by atoms with Crippen LogP contribution >= 0.6 is 11.6 Å². The second-order valence-electron chi connectivity index (χ2n) is 8.42. The predicted molar refractivity (Wildman–Crippen MR) is 115 cm³/mol. The third-order valence-corrected chi connectivity index (χ3v) is 6.50. The molecule has 0 unspecified atom stereocenters. The monoisotopic (exact) mass is 418 g/mol. The van der Waals surface area contributed by atoms with E-state index in [4.69, 9.17) is 16.3 Å². The van der Waals surface area contributed by atoms with E-state index in [-0.39, 0.29) is 0 Å². The average Bonchev–Trinajstić information content (AvgIpc) is 3.02. The topological polar surface area (TPSA) is 76.9 Å². The Bertz CT molecular complexity index is 813. The van der Waals surface area contributed by atoms with Crippen LogP contribution in [-0.4, -0.2) is 39.9 Å². The summed E-state index contributed by atoms with van der Waals surface area (Å²) in [5, 5.41) is 11.6. The van der Waals surface area contributed by atoms with Crippen molar-refractivity contribution in [1.82, 2.24) is 25.1 Å². The van der Waals surface area contributed by atoms with Crippen LogP contribution < -0.4 is 15.4 Å². The second kappa shape index (κ2) is 9.30. The van der Waals surface area contributed by atoms with E-state index in [0.717, 1.165) is 23.8 Å². The van der Waals surface area contributed by atoms with Gasteiger partial charge in [-0.3, -0.25) is 4.68 Å². The van der Waals surface area contributed by atoms with Crippen molar-refractivity contribution in [2.24, 2.45) is 11.8 Å². The third kappa shape index (κ3) is 5.01. The Labute approximate surface area is 177 Å². The Morgan fingerprint density at radius 2 is 1.93 bits per heavy atom. The van der Waals surface area contributed by atoms with E-state index < -0.39 is 0 Å². The third-order valence-electron chi connectivity index (χ3n) is 6.24. The van der Waals surface area contributed by atoms with E-state index in [1.807, 2.05) is 20.2 Å². The van der Waals surface area contributed by atoms with E-state index in [1.54, 1.807) is 6.20 Å². The Hall–Kier alpha value is -1.86. The molecule has 2 aromatic heterocycles. The zero-order chi connectivity index (χ0) is 20.2. The van der Waals surface area contributed by atoms with Crippen molar-refractivity contribution < 1.29 is 4.74 Å². The number of rotatable bonds is 8. The molecule has 158 valence electrons. The minimum absolute atomic E-state index is 0.446. The molecule has 0 bridgehead atoms. The molecule has 0 radical (unpaired) electrons. The van der Waals surface area contributed by atoms with Crippen molar-refractivity contribution in [1.29, 1.82) is 0 Å². The van der Waals surface area contributed by atoms with Gasteiger partial charge < -0.3 is 15.4 Å². The van der Waals surface area contributed by atoms with Crippen molar-refractivity contribution in [3.8, 4) is 5.88 Å². The molecule has 0 aliphatic heterocycles. The SMILES string of the molecule is CNCC1CCC(COc2nc(Nc3cn(C4CCC4)nc3C)ncc2Cl)CC1. The summed E-state index contributed by atoms with van der Waals surface area (Å²) >= 11 is 6.28. The number of aryl methyl sites for hydroxylation is 1. The summed E-state index contributed by atoms with van der Waals surface area (Å²) in [5.74, 6) is 2.29. The molecule has 2 saturated carbocycles. The van der Waals surface area contributed by atoms with E-state index in [0.29, 0.717) is 35.4 Å². The maximum Gasteiger partial charge on any atom is 0.237 e. The lowest BCUT2D eigenvalue weighted by molar-refractivity contribution is 0.178. The van der Waals surface area contributed by atoms with Gasteiger partial charge in [0.1, 0.15) is 5.02 Å². The van der Waals surface area contributed by atoms with Gasteiger partial charge in [-0.05, 0) is 77.3 Å². The van der Waals surface area contributed by atoms with Gasteiger partial charge in [-0.1, -0.05) is 11.6 Å². The second-order valence-corrected chi connectivity index (χ2v) is 8.83. The molecule has 0 spiro atoms. The molecule has 4 rings (SSSR count). The number of nitrogens with zero attached hydrogens (tertiary/aromatic N) is 4. The minimum atomic E-state index is 0.446. The van der Waals surface area contributed by atoms with Crippen LogP contribution in [-0.2, 0) is 0 Å². The highest BCUT2D eigenvalue weighted by atomic mass is 35.5. The maximum absolute atomic E-state index is 6.28. The van der Waals surface area contributed by atoms with Crippen LogP contribution in [0.4, 0.5) is 11.6 Å². The molecule has 2 aliphatic carbocycles. The fraction of sp³-hybridized carbons (Fsp3) is 0.667. The number of ether oxygens (including phenoxy) is 1. The molecule has 2 N–H and O–H groups in total. The van der Waals surface area contributed by atoms with Gasteiger partial charge in [0.25, 0.3) is 0 Å². The number of hydrogen-bond donors (Lipinski definition) is 2. The first-order valence-electron chi connectivity index (χ1n) is 10.7. The van der Waals surface area contributed by atoms with Gasteiger partial charge in [-0.25, -0.2) is 4.98 Å². The molecule has 0 saturated heterocycles. The van der Waals surface area contributed by atoms with Gasteiger partial charge in [0.05, 0.1) is 30.2 Å². The van der Waals surface area contributed by atoms with Crippen LogP contribution in [0.1, 0.15) is 56.7 Å². The summed E-state index contributed by atoms with van der Waals surface area (Å²) in [4.78, 5) is 8.81. The fourth-order valence-corrected chi connectivity index (χ4v) is 4.31. The lowest BCUT2D eigenvalue weighted by Gasteiger charge is -2.28. The van der Waals surface area contributed by atoms with Crippen LogP contribution in [0.3, 0.4) is 0 Å². The number of nitrogens with one attached hydrogen (secondary N) is 2. The highest BCUT2D eigenvalue weighted by molar-refractivity contribution is 6.31. The standard InChI is InChI=1S/C21H31ClN6O/c1-14-19(12-28(27-14)17-4-3-5-17)25-21-24-11-18(22)20(26-21)29-13-16-8-6-15(7-9-16)10-23-2/h11-12,15-17,23H,3-10,13H2,1-2H3,(H,24,25,26). The number of aromatic nitrogens is 4. The largest absolute Gasteiger partial charge is 0.476 e. The average molecular weight is 419 g/mol. The number of halogens is 1. The zero-order valence-corrected chi connectivity index (χ0v) is 18.1. The van der Waals surface area contributed by atoms with Gasteiger partial charge >= 0.3 is 0 Å². The van der Waals surface area contributed by atoms with Crippen LogP contribution in [0.5, 0.6) is 5.88 Å². The Morgan fingerprint density at radius 1 is 1.17 bits per heavy atom. The number of hydrogen-bond acceptors (Lipinski definition) is 6. The van der Waals surface area contributed by atoms with Gasteiger partial charge in [-0.2, -0.15) is 10.1 Å². The van der Waals surface area contributed by atoms with E-state index in [2.05, 4.69) is 30.4 Å². The van der Waals surface area contributed by atoms with Crippen molar-refractivity contribution in [2.75, 3.05) is 25.5 Å². The van der Waals surface area contributed by atoms with Crippen LogP contribution in [0.15, 0.2) is 12.4 Å². The van der Waals surface area contributed by atoms with Crippen molar-refractivity contribution in [3.63, 3.8) is 0 Å². The summed E-state index contributed by atoms with van der Waals surface area (Å²) < 4.78 is 8.04. The summed E-state index contributed by atoms with van der Waals surface area (Å²) in [7, 11) is 2.03. The highest BCUT2D eigenvalue weighted by Crippen LogP contribution is 2.33. The summed E-state index contributed by atoms with van der Waals surface area (Å²) in [6, 6.07) is 0.525. The van der Waals surface area contributed by atoms with Crippen molar-refractivity contribution >= 4 is 23.2 Å². The molecule has 2 aliphatic rings. The molecule has 7 nitrogen and oxygen atoms in total. The Morgan fingerprint density at radius 3 is 2.62 bits per heavy atom. The van der Waals surface area contributed by atoms with E-state index in [1.165, 1.54) is 44.9 Å². The van der Waals surface area contributed by atoms with Gasteiger partial charge in [0.15, 0.2) is 0 Å². The van der Waals surface area contributed by atoms with Gasteiger partial charge in [0.2, 0.25) is 11.8 Å². The highest BCUT2D eigenvalue weighted by Gasteiger charge is 2.23. The van der Waals surface area contributed by atoms with Crippen LogP contribution in [0.25, 0.3) is 0 Å². The minimum Gasteiger partial charge on any atom is -0.476 e. The first-order valence-corrected chi connectivity index (χ1v) is 11.1. The summed E-state index contributed by atoms with van der Waals surface area (Å²) in [5.41, 5.74) is 1.87.